The topological polar surface area (TPSA) is 89.8 Å². The van der Waals surface area contributed by atoms with Crippen LogP contribution in [-0.4, -0.2) is 27.8 Å². The molecule has 1 aromatic rings. The zero-order chi connectivity index (χ0) is 12.8. The van der Waals surface area contributed by atoms with Crippen molar-refractivity contribution in [2.24, 2.45) is 0 Å². The molecule has 0 aliphatic rings. The van der Waals surface area contributed by atoms with E-state index >= 15 is 0 Å². The van der Waals surface area contributed by atoms with Crippen LogP contribution in [0.2, 0.25) is 0 Å². The van der Waals surface area contributed by atoms with Gasteiger partial charge in [-0.15, -0.1) is 6.58 Å². The number of phenols is 2. The average molecular weight is 235 g/mol. The summed E-state index contributed by atoms with van der Waals surface area (Å²) in [5.74, 6) is -1.68. The Morgan fingerprint density at radius 3 is 2.71 bits per heavy atom. The van der Waals surface area contributed by atoms with Gasteiger partial charge in [0.2, 0.25) is 0 Å². The van der Waals surface area contributed by atoms with Gasteiger partial charge in [0, 0.05) is 18.2 Å². The van der Waals surface area contributed by atoms with Crippen LogP contribution in [0, 0.1) is 0 Å². The highest BCUT2D eigenvalue weighted by Crippen LogP contribution is 2.36. The molecule has 5 heteroatoms. The van der Waals surface area contributed by atoms with E-state index in [1.807, 2.05) is 0 Å². The van der Waals surface area contributed by atoms with Crippen LogP contribution in [0.25, 0.3) is 6.08 Å². The summed E-state index contributed by atoms with van der Waals surface area (Å²) in [6, 6.07) is 2.79. The molecule has 0 spiro atoms. The van der Waals surface area contributed by atoms with Gasteiger partial charge in [-0.25, -0.2) is 4.79 Å². The van der Waals surface area contributed by atoms with Crippen LogP contribution in [0.15, 0.2) is 30.9 Å². The lowest BCUT2D eigenvalue weighted by Crippen LogP contribution is -2.00. The zero-order valence-corrected chi connectivity index (χ0v) is 9.05. The van der Waals surface area contributed by atoms with Crippen molar-refractivity contribution in [2.45, 2.75) is 0 Å². The fourth-order valence-corrected chi connectivity index (χ4v) is 1.26. The standard InChI is InChI=1S/C12H13NO4/c1-2-7-13-11-8(4-6-10(15)16)3-5-9(14)12(11)17/h2-6,13-14,17H,1,7H2,(H,15,16). The second kappa shape index (κ2) is 5.60. The minimum absolute atomic E-state index is 0.266. The molecule has 0 atom stereocenters. The van der Waals surface area contributed by atoms with E-state index in [9.17, 15) is 15.0 Å². The maximum Gasteiger partial charge on any atom is 0.328 e. The molecule has 90 valence electrons. The van der Waals surface area contributed by atoms with Crippen molar-refractivity contribution in [1.82, 2.24) is 0 Å². The van der Waals surface area contributed by atoms with Crippen LogP contribution in [0.3, 0.4) is 0 Å². The first-order valence-corrected chi connectivity index (χ1v) is 4.87. The SMILES string of the molecule is C=CCNc1c(C=CC(=O)O)ccc(O)c1O. The Balaban J connectivity index is 3.14. The molecular weight excluding hydrogens is 222 g/mol. The van der Waals surface area contributed by atoms with Crippen molar-refractivity contribution in [3.63, 3.8) is 0 Å². The molecular formula is C12H13NO4. The molecule has 0 radical (unpaired) electrons. The number of aromatic hydroxyl groups is 2. The van der Waals surface area contributed by atoms with Crippen LogP contribution in [0.5, 0.6) is 11.5 Å². The van der Waals surface area contributed by atoms with Gasteiger partial charge in [-0.3, -0.25) is 0 Å². The number of hydrogen-bond donors (Lipinski definition) is 4. The molecule has 5 nitrogen and oxygen atoms in total. The summed E-state index contributed by atoms with van der Waals surface area (Å²) >= 11 is 0. The van der Waals surface area contributed by atoms with E-state index in [2.05, 4.69) is 11.9 Å². The highest BCUT2D eigenvalue weighted by atomic mass is 16.4. The van der Waals surface area contributed by atoms with Gasteiger partial charge in [0.05, 0.1) is 5.69 Å². The molecule has 0 aromatic heterocycles. The van der Waals surface area contributed by atoms with Crippen LogP contribution >= 0.6 is 0 Å². The Labute approximate surface area is 98.3 Å². The molecule has 1 aromatic carbocycles. The van der Waals surface area contributed by atoms with Gasteiger partial charge in [-0.2, -0.15) is 0 Å². The Morgan fingerprint density at radius 2 is 2.12 bits per heavy atom. The van der Waals surface area contributed by atoms with Gasteiger partial charge >= 0.3 is 5.97 Å². The second-order valence-corrected chi connectivity index (χ2v) is 3.24. The van der Waals surface area contributed by atoms with Crippen LogP contribution in [-0.2, 0) is 4.79 Å². The lowest BCUT2D eigenvalue weighted by molar-refractivity contribution is -0.131. The number of carboxylic acid groups (broad SMARTS) is 1. The molecule has 1 rings (SSSR count). The summed E-state index contributed by atoms with van der Waals surface area (Å²) < 4.78 is 0. The molecule has 0 aliphatic carbocycles. The zero-order valence-electron chi connectivity index (χ0n) is 9.05. The maximum atomic E-state index is 10.4. The molecule has 0 saturated heterocycles. The van der Waals surface area contributed by atoms with E-state index in [0.29, 0.717) is 12.1 Å². The number of rotatable bonds is 5. The van der Waals surface area contributed by atoms with E-state index in [4.69, 9.17) is 5.11 Å². The first-order chi connectivity index (χ1) is 8.06. The largest absolute Gasteiger partial charge is 0.504 e. The van der Waals surface area contributed by atoms with E-state index < -0.39 is 5.97 Å². The normalized spacial score (nSPS) is 10.4. The lowest BCUT2D eigenvalue weighted by atomic mass is 10.1. The number of carbonyl (C=O) groups is 1. The summed E-state index contributed by atoms with van der Waals surface area (Å²) in [5, 5.41) is 30.3. The molecule has 17 heavy (non-hydrogen) atoms. The average Bonchev–Trinajstić information content (AvgIpc) is 2.29. The molecule has 0 saturated carbocycles. The first-order valence-electron chi connectivity index (χ1n) is 4.87. The summed E-state index contributed by atoms with van der Waals surface area (Å²) in [6.07, 6.45) is 3.85. The quantitative estimate of drug-likeness (QED) is 0.355. The van der Waals surface area contributed by atoms with Gasteiger partial charge in [0.1, 0.15) is 0 Å². The number of anilines is 1. The maximum absolute atomic E-state index is 10.4. The van der Waals surface area contributed by atoms with Crippen molar-refractivity contribution in [2.75, 3.05) is 11.9 Å². The van der Waals surface area contributed by atoms with Crippen molar-refractivity contribution >= 4 is 17.7 Å². The van der Waals surface area contributed by atoms with Gasteiger partial charge in [-0.1, -0.05) is 6.08 Å². The first kappa shape index (κ1) is 12.6. The Bertz CT molecular complexity index is 466. The highest BCUT2D eigenvalue weighted by Gasteiger charge is 2.09. The monoisotopic (exact) mass is 235 g/mol. The summed E-state index contributed by atoms with van der Waals surface area (Å²) in [4.78, 5) is 10.4. The third-order valence-corrected chi connectivity index (χ3v) is 2.02. The van der Waals surface area contributed by atoms with Gasteiger partial charge in [0.15, 0.2) is 11.5 Å². The van der Waals surface area contributed by atoms with Crippen molar-refractivity contribution in [1.29, 1.82) is 0 Å². The van der Waals surface area contributed by atoms with Crippen LogP contribution in [0.4, 0.5) is 5.69 Å². The third-order valence-electron chi connectivity index (χ3n) is 2.02. The van der Waals surface area contributed by atoms with Gasteiger partial charge in [0.25, 0.3) is 0 Å². The Kier molecular flexibility index (Phi) is 4.16. The molecule has 0 unspecified atom stereocenters. The van der Waals surface area contributed by atoms with Crippen LogP contribution in [0.1, 0.15) is 5.56 Å². The number of benzene rings is 1. The van der Waals surface area contributed by atoms with Gasteiger partial charge in [-0.05, 0) is 18.2 Å². The second-order valence-electron chi connectivity index (χ2n) is 3.24. The number of phenolic OH excluding ortho intramolecular Hbond substituents is 2. The van der Waals surface area contributed by atoms with Crippen molar-refractivity contribution < 1.29 is 20.1 Å². The van der Waals surface area contributed by atoms with Crippen molar-refractivity contribution in [3.05, 3.63) is 36.4 Å². The van der Waals surface area contributed by atoms with E-state index in [0.717, 1.165) is 6.08 Å². The summed E-state index contributed by atoms with van der Waals surface area (Å²) in [6.45, 7) is 3.89. The fourth-order valence-electron chi connectivity index (χ4n) is 1.26. The Morgan fingerprint density at radius 1 is 1.41 bits per heavy atom. The van der Waals surface area contributed by atoms with E-state index in [1.165, 1.54) is 18.2 Å². The Hall–Kier alpha value is -2.43. The number of nitrogens with one attached hydrogen (secondary N) is 1. The summed E-state index contributed by atoms with van der Waals surface area (Å²) in [7, 11) is 0. The minimum Gasteiger partial charge on any atom is -0.504 e. The molecule has 0 aliphatic heterocycles. The molecule has 4 N–H and O–H groups in total. The number of hydrogen-bond acceptors (Lipinski definition) is 4. The summed E-state index contributed by atoms with van der Waals surface area (Å²) in [5.41, 5.74) is 0.729. The molecule has 0 heterocycles. The molecule has 0 bridgehead atoms. The van der Waals surface area contributed by atoms with Crippen molar-refractivity contribution in [3.8, 4) is 11.5 Å². The molecule has 0 fully saturated rings. The lowest BCUT2D eigenvalue weighted by Gasteiger charge is -2.11. The number of aliphatic carboxylic acids is 1. The van der Waals surface area contributed by atoms with Crippen LogP contribution < -0.4 is 5.32 Å². The fraction of sp³-hybridized carbons (Fsp3) is 0.0833. The number of carboxylic acids is 1. The predicted molar refractivity (Wildman–Crippen MR) is 65.1 cm³/mol. The van der Waals surface area contributed by atoms with E-state index in [-0.39, 0.29) is 17.2 Å². The third kappa shape index (κ3) is 3.27. The van der Waals surface area contributed by atoms with E-state index in [1.54, 1.807) is 6.08 Å². The highest BCUT2D eigenvalue weighted by molar-refractivity contribution is 5.88. The predicted octanol–water partition coefficient (Wildman–Crippen LogP) is 1.79. The van der Waals surface area contributed by atoms with Gasteiger partial charge < -0.3 is 20.6 Å². The smallest absolute Gasteiger partial charge is 0.328 e. The minimum atomic E-state index is -1.09. The molecule has 0 amide bonds.